The molecule has 3 aromatic carbocycles. The molecule has 10 heteroatoms. The third-order valence-corrected chi connectivity index (χ3v) is 8.01. The number of nitrogens with one attached hydrogen (secondary N) is 1. The van der Waals surface area contributed by atoms with Gasteiger partial charge in [-0.1, -0.05) is 84.0 Å². The van der Waals surface area contributed by atoms with E-state index in [-0.39, 0.29) is 10.7 Å². The number of thiophene rings is 1. The number of carbonyl (C=O) groups excluding carboxylic acids is 1. The van der Waals surface area contributed by atoms with Crippen LogP contribution in [-0.4, -0.2) is 15.9 Å². The quantitative estimate of drug-likeness (QED) is 0.168. The van der Waals surface area contributed by atoms with E-state index in [0.29, 0.717) is 10.6 Å². The van der Waals surface area contributed by atoms with Crippen molar-refractivity contribution in [1.29, 1.82) is 0 Å². The van der Waals surface area contributed by atoms with Crippen LogP contribution in [0.2, 0.25) is 5.02 Å². The fourth-order valence-corrected chi connectivity index (χ4v) is 6.04. The predicted octanol–water partition coefficient (Wildman–Crippen LogP) is 8.50. The lowest BCUT2D eigenvalue weighted by Gasteiger charge is -2.18. The lowest BCUT2D eigenvalue weighted by molar-refractivity contribution is -0.137. The minimum Gasteiger partial charge on any atom is -0.323 e. The maximum atomic E-state index is 13.5. The highest BCUT2D eigenvalue weighted by Gasteiger charge is 2.32. The fourth-order valence-electron chi connectivity index (χ4n) is 3.78. The molecular weight excluding hydrogens is 539 g/mol. The molecule has 0 fully saturated rings. The van der Waals surface area contributed by atoms with Gasteiger partial charge in [0.05, 0.1) is 21.7 Å². The van der Waals surface area contributed by atoms with Crippen molar-refractivity contribution in [3.05, 3.63) is 107 Å². The van der Waals surface area contributed by atoms with Gasteiger partial charge in [0.15, 0.2) is 0 Å². The minimum atomic E-state index is -4.57. The molecule has 0 aliphatic carbocycles. The summed E-state index contributed by atoms with van der Waals surface area (Å²) in [4.78, 5) is 23.2. The highest BCUT2D eigenvalue weighted by molar-refractivity contribution is 8.00. The highest BCUT2D eigenvalue weighted by atomic mass is 35.5. The number of rotatable bonds is 6. The Hall–Kier alpha value is -3.40. The molecule has 5 aromatic rings. The van der Waals surface area contributed by atoms with Gasteiger partial charge in [0.1, 0.15) is 21.4 Å². The van der Waals surface area contributed by atoms with Crippen LogP contribution in [0.1, 0.15) is 16.4 Å². The number of benzene rings is 3. The van der Waals surface area contributed by atoms with Crippen LogP contribution in [0, 0.1) is 0 Å². The fraction of sp³-hybridized carbons (Fsp3) is 0.0741. The first-order valence-corrected chi connectivity index (χ1v) is 13.1. The molecule has 37 heavy (non-hydrogen) atoms. The van der Waals surface area contributed by atoms with Gasteiger partial charge in [-0.15, -0.1) is 11.3 Å². The molecule has 0 saturated heterocycles. The Balaban J connectivity index is 1.54. The van der Waals surface area contributed by atoms with Crippen molar-refractivity contribution in [3.8, 4) is 11.1 Å². The number of hydrogen-bond donors (Lipinski definition) is 1. The zero-order valence-corrected chi connectivity index (χ0v) is 21.3. The third kappa shape index (κ3) is 5.49. The lowest BCUT2D eigenvalue weighted by Crippen LogP contribution is -2.20. The van der Waals surface area contributed by atoms with E-state index in [1.807, 2.05) is 41.8 Å². The molecule has 5 rings (SSSR count). The molecule has 0 aliphatic heterocycles. The van der Waals surface area contributed by atoms with Crippen molar-refractivity contribution in [2.45, 2.75) is 16.5 Å². The number of nitrogens with zero attached hydrogens (tertiary/aromatic N) is 2. The first-order chi connectivity index (χ1) is 17.8. The van der Waals surface area contributed by atoms with Gasteiger partial charge < -0.3 is 5.32 Å². The molecule has 2 aromatic heterocycles. The molecule has 0 bridgehead atoms. The van der Waals surface area contributed by atoms with Crippen molar-refractivity contribution in [2.24, 2.45) is 0 Å². The Labute approximate surface area is 223 Å². The van der Waals surface area contributed by atoms with E-state index in [0.717, 1.165) is 39.5 Å². The Morgan fingerprint density at radius 2 is 1.68 bits per heavy atom. The number of amides is 1. The van der Waals surface area contributed by atoms with Gasteiger partial charge >= 0.3 is 6.18 Å². The van der Waals surface area contributed by atoms with Crippen LogP contribution < -0.4 is 5.32 Å². The molecule has 0 spiro atoms. The van der Waals surface area contributed by atoms with Gasteiger partial charge in [0, 0.05) is 10.9 Å². The van der Waals surface area contributed by atoms with Crippen molar-refractivity contribution >= 4 is 56.5 Å². The summed E-state index contributed by atoms with van der Waals surface area (Å²) in [6, 6.07) is 21.6. The molecule has 4 nitrogen and oxygen atoms in total. The smallest absolute Gasteiger partial charge is 0.323 e. The van der Waals surface area contributed by atoms with Crippen LogP contribution in [0.15, 0.2) is 95.6 Å². The molecule has 2 heterocycles. The van der Waals surface area contributed by atoms with E-state index in [4.69, 9.17) is 11.6 Å². The van der Waals surface area contributed by atoms with Gasteiger partial charge in [-0.05, 0) is 29.3 Å². The highest BCUT2D eigenvalue weighted by Crippen LogP contribution is 2.43. The molecule has 0 radical (unpaired) electrons. The minimum absolute atomic E-state index is 0.00628. The molecular formula is C27H17ClF3N3OS2. The molecule has 1 amide bonds. The monoisotopic (exact) mass is 555 g/mol. The average Bonchev–Trinajstić information content (AvgIpc) is 3.34. The molecule has 1 unspecified atom stereocenters. The first kappa shape index (κ1) is 25.3. The topological polar surface area (TPSA) is 54.9 Å². The number of thioether (sulfide) groups is 1. The number of aromatic nitrogens is 2. The second-order valence-corrected chi connectivity index (χ2v) is 10.3. The summed E-state index contributed by atoms with van der Waals surface area (Å²) in [5, 5.41) is 5.18. The zero-order valence-electron chi connectivity index (χ0n) is 18.9. The zero-order chi connectivity index (χ0) is 26.0. The molecule has 0 saturated carbocycles. The normalized spacial score (nSPS) is 12.4. The number of alkyl halides is 3. The summed E-state index contributed by atoms with van der Waals surface area (Å²) in [5.74, 6) is -0.527. The average molecular weight is 556 g/mol. The number of anilines is 1. The number of halogens is 4. The van der Waals surface area contributed by atoms with Crippen molar-refractivity contribution in [1.82, 2.24) is 9.97 Å². The number of fused-ring (bicyclic) bond motifs is 1. The Morgan fingerprint density at radius 1 is 0.973 bits per heavy atom. The summed E-state index contributed by atoms with van der Waals surface area (Å²) in [5.41, 5.74) is 1.57. The maximum absolute atomic E-state index is 13.5. The molecule has 1 atom stereocenters. The standard InChI is InChI=1S/C27H17ClF3N3OS2/c28-20-12-11-18(27(29,30)31)13-21(20)34-24(35)23(17-9-5-2-6-10-17)37-26-22-19(16-7-3-1-4-8-16)14-36-25(22)32-15-33-26/h1-15,23H,(H,34,35). The first-order valence-electron chi connectivity index (χ1n) is 11.0. The van der Waals surface area contributed by atoms with E-state index in [9.17, 15) is 18.0 Å². The van der Waals surface area contributed by atoms with Gasteiger partial charge in [-0.2, -0.15) is 13.2 Å². The van der Waals surface area contributed by atoms with Crippen LogP contribution in [0.25, 0.3) is 21.3 Å². The van der Waals surface area contributed by atoms with Crippen molar-refractivity contribution < 1.29 is 18.0 Å². The molecule has 186 valence electrons. The van der Waals surface area contributed by atoms with Gasteiger partial charge in [0.2, 0.25) is 5.91 Å². The van der Waals surface area contributed by atoms with Gasteiger partial charge in [-0.3, -0.25) is 4.79 Å². The largest absolute Gasteiger partial charge is 0.416 e. The van der Waals surface area contributed by atoms with E-state index < -0.39 is 22.9 Å². The second-order valence-electron chi connectivity index (χ2n) is 7.96. The van der Waals surface area contributed by atoms with E-state index in [2.05, 4.69) is 15.3 Å². The van der Waals surface area contributed by atoms with Crippen LogP contribution in [0.5, 0.6) is 0 Å². The Bertz CT molecular complexity index is 1560. The van der Waals surface area contributed by atoms with Crippen LogP contribution in [0.4, 0.5) is 18.9 Å². The van der Waals surface area contributed by atoms with Crippen LogP contribution in [-0.2, 0) is 11.0 Å². The Kier molecular flexibility index (Phi) is 7.19. The van der Waals surface area contributed by atoms with Gasteiger partial charge in [0.25, 0.3) is 0 Å². The van der Waals surface area contributed by atoms with Crippen molar-refractivity contribution in [2.75, 3.05) is 5.32 Å². The maximum Gasteiger partial charge on any atom is 0.416 e. The summed E-state index contributed by atoms with van der Waals surface area (Å²) in [6.45, 7) is 0. The Morgan fingerprint density at radius 3 is 2.38 bits per heavy atom. The SMILES string of the molecule is O=C(Nc1cc(C(F)(F)F)ccc1Cl)C(Sc1ncnc2scc(-c3ccccc3)c12)c1ccccc1. The van der Waals surface area contributed by atoms with E-state index >= 15 is 0 Å². The van der Waals surface area contributed by atoms with E-state index in [1.54, 1.807) is 24.3 Å². The predicted molar refractivity (Wildman–Crippen MR) is 143 cm³/mol. The van der Waals surface area contributed by atoms with Gasteiger partial charge in [-0.25, -0.2) is 9.97 Å². The molecule has 1 N–H and O–H groups in total. The van der Waals surface area contributed by atoms with Crippen LogP contribution in [0.3, 0.4) is 0 Å². The summed E-state index contributed by atoms with van der Waals surface area (Å²) >= 11 is 8.82. The van der Waals surface area contributed by atoms with E-state index in [1.165, 1.54) is 29.4 Å². The summed E-state index contributed by atoms with van der Waals surface area (Å²) in [7, 11) is 0. The van der Waals surface area contributed by atoms with Crippen molar-refractivity contribution in [3.63, 3.8) is 0 Å². The number of hydrogen-bond acceptors (Lipinski definition) is 5. The third-order valence-electron chi connectivity index (χ3n) is 5.54. The van der Waals surface area contributed by atoms with Crippen LogP contribution >= 0.6 is 34.7 Å². The summed E-state index contributed by atoms with van der Waals surface area (Å²) in [6.07, 6.45) is -3.13. The lowest BCUT2D eigenvalue weighted by atomic mass is 10.1. The summed E-state index contributed by atoms with van der Waals surface area (Å²) < 4.78 is 39.8. The second kappa shape index (κ2) is 10.5. The number of carbonyl (C=O) groups is 1. The molecule has 0 aliphatic rings.